The molecule has 1 aliphatic heterocycles. The summed E-state index contributed by atoms with van der Waals surface area (Å²) in [5, 5.41) is 11.5. The van der Waals surface area contributed by atoms with Gasteiger partial charge in [0, 0.05) is 23.2 Å². The van der Waals surface area contributed by atoms with Crippen LogP contribution in [0.15, 0.2) is 30.5 Å². The lowest BCUT2D eigenvalue weighted by Crippen LogP contribution is -2.57. The number of aromatic nitrogens is 1. The van der Waals surface area contributed by atoms with Crippen molar-refractivity contribution in [2.24, 2.45) is 5.73 Å². The van der Waals surface area contributed by atoms with Crippen LogP contribution in [0.25, 0.3) is 10.9 Å². The molecule has 0 bridgehead atoms. The van der Waals surface area contributed by atoms with Gasteiger partial charge in [0.15, 0.2) is 5.60 Å². The second-order valence-electron chi connectivity index (χ2n) is 5.75. The Morgan fingerprint density at radius 1 is 1.39 bits per heavy atom. The molecule has 6 nitrogen and oxygen atoms in total. The fourth-order valence-electron chi connectivity index (χ4n) is 2.90. The van der Waals surface area contributed by atoms with Crippen LogP contribution >= 0.6 is 11.6 Å². The number of carbonyl (C=O) groups is 2. The minimum atomic E-state index is -1.68. The molecule has 120 valence electrons. The molecule has 0 spiro atoms. The lowest BCUT2D eigenvalue weighted by molar-refractivity contribution is -0.140. The van der Waals surface area contributed by atoms with Gasteiger partial charge in [-0.1, -0.05) is 17.7 Å². The number of aliphatic hydroxyl groups is 1. The van der Waals surface area contributed by atoms with Crippen LogP contribution in [0.4, 0.5) is 0 Å². The molecule has 0 radical (unpaired) electrons. The Hall–Kier alpha value is -2.18. The molecular formula is C16H16ClN3O3. The van der Waals surface area contributed by atoms with E-state index in [1.54, 1.807) is 24.4 Å². The molecular weight excluding hydrogens is 318 g/mol. The van der Waals surface area contributed by atoms with Crippen molar-refractivity contribution in [3.05, 3.63) is 41.0 Å². The zero-order valence-corrected chi connectivity index (χ0v) is 13.1. The van der Waals surface area contributed by atoms with E-state index >= 15 is 0 Å². The molecule has 2 aromatic rings. The number of hydrogen-bond donors (Lipinski definition) is 2. The summed E-state index contributed by atoms with van der Waals surface area (Å²) in [6.45, 7) is 0.317. The number of nitrogens with two attached hydrogens (primary N) is 1. The molecule has 1 atom stereocenters. The molecule has 3 N–H and O–H groups in total. The maximum Gasteiger partial charge on any atom is 0.256 e. The van der Waals surface area contributed by atoms with Crippen molar-refractivity contribution in [1.82, 2.24) is 9.88 Å². The molecule has 1 fully saturated rings. The fraction of sp³-hybridized carbons (Fsp3) is 0.312. The number of β-amino-alcohol motifs (C(OH)–C–C–N with tert-alkyl or cyclic N) is 1. The molecule has 23 heavy (non-hydrogen) atoms. The van der Waals surface area contributed by atoms with E-state index in [0.717, 1.165) is 5.39 Å². The topological polar surface area (TPSA) is 96.5 Å². The monoisotopic (exact) mass is 333 g/mol. The van der Waals surface area contributed by atoms with Gasteiger partial charge in [0.1, 0.15) is 0 Å². The number of halogens is 1. The Labute approximate surface area is 137 Å². The average molecular weight is 334 g/mol. The minimum Gasteiger partial charge on any atom is -0.378 e. The molecule has 0 saturated carbocycles. The largest absolute Gasteiger partial charge is 0.378 e. The zero-order valence-electron chi connectivity index (χ0n) is 12.3. The molecule has 7 heteroatoms. The van der Waals surface area contributed by atoms with Crippen molar-refractivity contribution in [1.29, 1.82) is 0 Å². The summed E-state index contributed by atoms with van der Waals surface area (Å²) in [7, 11) is 0. The smallest absolute Gasteiger partial charge is 0.256 e. The first-order valence-corrected chi connectivity index (χ1v) is 7.64. The minimum absolute atomic E-state index is 0.123. The van der Waals surface area contributed by atoms with Crippen molar-refractivity contribution in [3.63, 3.8) is 0 Å². The normalized spacial score (nSPS) is 21.4. The van der Waals surface area contributed by atoms with Crippen molar-refractivity contribution >= 4 is 34.3 Å². The predicted octanol–water partition coefficient (Wildman–Crippen LogP) is 1.34. The Morgan fingerprint density at radius 3 is 2.91 bits per heavy atom. The number of rotatable bonds is 2. The molecule has 2 heterocycles. The lowest BCUT2D eigenvalue weighted by Gasteiger charge is -2.37. The molecule has 0 aliphatic carbocycles. The number of nitrogens with zero attached hydrogens (tertiary/aromatic N) is 2. The first kappa shape index (κ1) is 15.7. The van der Waals surface area contributed by atoms with Crippen LogP contribution in [0, 0.1) is 0 Å². The Kier molecular flexibility index (Phi) is 3.95. The Balaban J connectivity index is 1.99. The number of amides is 2. The van der Waals surface area contributed by atoms with Crippen LogP contribution in [0.3, 0.4) is 0 Å². The van der Waals surface area contributed by atoms with Gasteiger partial charge in [-0.2, -0.15) is 0 Å². The second-order valence-corrected chi connectivity index (χ2v) is 6.19. The van der Waals surface area contributed by atoms with E-state index in [-0.39, 0.29) is 18.9 Å². The van der Waals surface area contributed by atoms with Crippen molar-refractivity contribution in [3.8, 4) is 0 Å². The first-order valence-electron chi connectivity index (χ1n) is 7.26. The highest BCUT2D eigenvalue weighted by Gasteiger charge is 2.40. The van der Waals surface area contributed by atoms with E-state index in [1.165, 1.54) is 4.90 Å². The number of benzene rings is 1. The third-order valence-electron chi connectivity index (χ3n) is 4.12. The highest BCUT2D eigenvalue weighted by molar-refractivity contribution is 6.32. The van der Waals surface area contributed by atoms with Crippen LogP contribution in [0.1, 0.15) is 23.2 Å². The summed E-state index contributed by atoms with van der Waals surface area (Å²) in [5.74, 6) is -1.14. The number of hydrogen-bond acceptors (Lipinski definition) is 4. The molecule has 1 saturated heterocycles. The molecule has 2 amide bonds. The van der Waals surface area contributed by atoms with Crippen LogP contribution in [0.2, 0.25) is 5.02 Å². The fourth-order valence-corrected chi connectivity index (χ4v) is 3.13. The Morgan fingerprint density at radius 2 is 2.17 bits per heavy atom. The van der Waals surface area contributed by atoms with Crippen molar-refractivity contribution < 1.29 is 14.7 Å². The van der Waals surface area contributed by atoms with Gasteiger partial charge in [-0.3, -0.25) is 14.6 Å². The van der Waals surface area contributed by atoms with Gasteiger partial charge in [0.05, 0.1) is 17.6 Å². The summed E-state index contributed by atoms with van der Waals surface area (Å²) >= 11 is 6.09. The van der Waals surface area contributed by atoms with Gasteiger partial charge in [0.25, 0.3) is 11.8 Å². The van der Waals surface area contributed by atoms with E-state index in [0.29, 0.717) is 29.1 Å². The maximum atomic E-state index is 12.8. The van der Waals surface area contributed by atoms with E-state index in [2.05, 4.69) is 4.98 Å². The average Bonchev–Trinajstić information content (AvgIpc) is 2.53. The quantitative estimate of drug-likeness (QED) is 0.866. The number of piperidine rings is 1. The van der Waals surface area contributed by atoms with Gasteiger partial charge in [-0.05, 0) is 31.0 Å². The third-order valence-corrected chi connectivity index (χ3v) is 4.33. The number of fused-ring (bicyclic) bond motifs is 1. The molecule has 3 rings (SSSR count). The van der Waals surface area contributed by atoms with Crippen molar-refractivity contribution in [2.45, 2.75) is 18.4 Å². The van der Waals surface area contributed by atoms with Crippen LogP contribution in [0.5, 0.6) is 0 Å². The Bertz CT molecular complexity index is 795. The summed E-state index contributed by atoms with van der Waals surface area (Å²) < 4.78 is 0. The number of primary amides is 1. The number of carbonyl (C=O) groups excluding carboxylic acids is 2. The molecule has 1 unspecified atom stereocenters. The summed E-state index contributed by atoms with van der Waals surface area (Å²) in [6.07, 6.45) is 2.35. The second kappa shape index (κ2) is 5.79. The predicted molar refractivity (Wildman–Crippen MR) is 86.0 cm³/mol. The number of pyridine rings is 1. The first-order chi connectivity index (χ1) is 10.9. The van der Waals surface area contributed by atoms with E-state index in [9.17, 15) is 14.7 Å². The van der Waals surface area contributed by atoms with E-state index < -0.39 is 11.5 Å². The van der Waals surface area contributed by atoms with Crippen LogP contribution < -0.4 is 5.73 Å². The molecule has 1 aromatic carbocycles. The van der Waals surface area contributed by atoms with Crippen LogP contribution in [-0.4, -0.2) is 45.5 Å². The number of likely N-dealkylation sites (tertiary alicyclic amines) is 1. The van der Waals surface area contributed by atoms with E-state index in [4.69, 9.17) is 17.3 Å². The van der Waals surface area contributed by atoms with Gasteiger partial charge in [0.2, 0.25) is 0 Å². The third kappa shape index (κ3) is 2.87. The van der Waals surface area contributed by atoms with Crippen molar-refractivity contribution in [2.75, 3.05) is 13.1 Å². The van der Waals surface area contributed by atoms with Crippen LogP contribution in [-0.2, 0) is 4.79 Å². The van der Waals surface area contributed by atoms with Gasteiger partial charge >= 0.3 is 0 Å². The highest BCUT2D eigenvalue weighted by atomic mass is 35.5. The summed E-state index contributed by atoms with van der Waals surface area (Å²) in [5.41, 5.74) is 4.46. The van der Waals surface area contributed by atoms with E-state index in [1.807, 2.05) is 6.07 Å². The van der Waals surface area contributed by atoms with Gasteiger partial charge in [-0.25, -0.2) is 0 Å². The van der Waals surface area contributed by atoms with Gasteiger partial charge < -0.3 is 15.7 Å². The lowest BCUT2D eigenvalue weighted by atomic mass is 9.91. The SMILES string of the molecule is NC(=O)C1(O)CCCN(C(=O)c2cc(Cl)cc3cccnc23)C1. The highest BCUT2D eigenvalue weighted by Crippen LogP contribution is 2.27. The summed E-state index contributed by atoms with van der Waals surface area (Å²) in [6, 6.07) is 6.87. The van der Waals surface area contributed by atoms with Gasteiger partial charge in [-0.15, -0.1) is 0 Å². The molecule has 1 aromatic heterocycles. The maximum absolute atomic E-state index is 12.8. The summed E-state index contributed by atoms with van der Waals surface area (Å²) in [4.78, 5) is 30.0. The zero-order chi connectivity index (χ0) is 16.6. The standard InChI is InChI=1S/C16H16ClN3O3/c17-11-7-10-3-1-5-19-13(10)12(8-11)14(21)20-6-2-4-16(23,9-20)15(18)22/h1,3,5,7-8,23H,2,4,6,9H2,(H2,18,22). The molecule has 1 aliphatic rings.